The molecule has 2 aromatic carbocycles. The topological polar surface area (TPSA) is 114 Å². The van der Waals surface area contributed by atoms with Gasteiger partial charge in [0, 0.05) is 30.1 Å². The van der Waals surface area contributed by atoms with Crippen LogP contribution in [0.1, 0.15) is 5.56 Å². The highest BCUT2D eigenvalue weighted by Crippen LogP contribution is 2.33. The van der Waals surface area contributed by atoms with Gasteiger partial charge in [0.1, 0.15) is 35.7 Å². The first-order valence-corrected chi connectivity index (χ1v) is 9.44. The highest BCUT2D eigenvalue weighted by Gasteiger charge is 2.36. The minimum atomic E-state index is -1.69. The molecule has 4 rings (SSSR count). The zero-order valence-electron chi connectivity index (χ0n) is 16.0. The van der Waals surface area contributed by atoms with Gasteiger partial charge < -0.3 is 25.8 Å². The highest BCUT2D eigenvalue weighted by molar-refractivity contribution is 5.94. The Bertz CT molecular complexity index is 1160. The van der Waals surface area contributed by atoms with Crippen LogP contribution in [0.4, 0.5) is 13.2 Å². The van der Waals surface area contributed by atoms with Crippen molar-refractivity contribution in [2.24, 2.45) is 0 Å². The summed E-state index contributed by atoms with van der Waals surface area (Å²) in [5, 5.41) is 25.0. The molecule has 1 aromatic heterocycles. The predicted octanol–water partition coefficient (Wildman–Crippen LogP) is 1.13. The number of hydrogen-bond donors (Lipinski definition) is 5. The number of H-pyrrole nitrogens is 1. The van der Waals surface area contributed by atoms with Crippen LogP contribution in [0.15, 0.2) is 36.4 Å². The summed E-state index contributed by atoms with van der Waals surface area (Å²) in [6.45, 7) is -0.0322. The van der Waals surface area contributed by atoms with Gasteiger partial charge in [-0.05, 0) is 41.5 Å². The highest BCUT2D eigenvalue weighted by atomic mass is 19.1. The summed E-state index contributed by atoms with van der Waals surface area (Å²) in [7, 11) is 0. The van der Waals surface area contributed by atoms with E-state index in [2.05, 4.69) is 15.6 Å². The third-order valence-electron chi connectivity index (χ3n) is 5.22. The van der Waals surface area contributed by atoms with Crippen molar-refractivity contribution < 1.29 is 33.0 Å². The molecule has 7 nitrogen and oxygen atoms in total. The number of β-amino-alcohol motifs (C(OH)–C–C–N with tert-alkyl or cyclic N) is 1. The molecule has 1 fully saturated rings. The van der Waals surface area contributed by atoms with E-state index >= 15 is 0 Å². The minimum Gasteiger partial charge on any atom is -0.389 e. The van der Waals surface area contributed by atoms with Gasteiger partial charge in [-0.2, -0.15) is 0 Å². The molecule has 1 saturated heterocycles. The second kappa shape index (κ2) is 8.05. The lowest BCUT2D eigenvalue weighted by atomic mass is 9.99. The molecule has 162 valence electrons. The molecule has 0 spiro atoms. The van der Waals surface area contributed by atoms with Crippen LogP contribution in [0.25, 0.3) is 22.2 Å². The average Bonchev–Trinajstić information content (AvgIpc) is 3.23. The maximum absolute atomic E-state index is 14.3. The zero-order valence-corrected chi connectivity index (χ0v) is 16.0. The van der Waals surface area contributed by atoms with Crippen molar-refractivity contribution in [2.45, 2.75) is 24.7 Å². The maximum atomic E-state index is 14.3. The van der Waals surface area contributed by atoms with Crippen molar-refractivity contribution in [1.82, 2.24) is 15.6 Å². The lowest BCUT2D eigenvalue weighted by Gasteiger charge is -2.17. The number of aliphatic hydroxyl groups is 2. The van der Waals surface area contributed by atoms with E-state index in [1.54, 1.807) is 0 Å². The summed E-state index contributed by atoms with van der Waals surface area (Å²) in [4.78, 5) is 26.9. The van der Waals surface area contributed by atoms with E-state index in [0.29, 0.717) is 11.6 Å². The van der Waals surface area contributed by atoms with Crippen LogP contribution in [0, 0.1) is 17.5 Å². The Labute approximate surface area is 173 Å². The molecule has 31 heavy (non-hydrogen) atoms. The summed E-state index contributed by atoms with van der Waals surface area (Å²) in [5.74, 6) is -3.73. The number of aliphatic hydroxyl groups excluding tert-OH is 2. The Balaban J connectivity index is 1.69. The number of fused-ring (bicyclic) bond motifs is 1. The van der Waals surface area contributed by atoms with Crippen LogP contribution < -0.4 is 10.6 Å². The Kier molecular flexibility index (Phi) is 5.42. The van der Waals surface area contributed by atoms with Gasteiger partial charge >= 0.3 is 0 Å². The van der Waals surface area contributed by atoms with Crippen LogP contribution in [-0.2, 0) is 16.0 Å². The molecule has 10 heteroatoms. The van der Waals surface area contributed by atoms with E-state index in [1.807, 2.05) is 0 Å². The number of amides is 2. The molecule has 5 N–H and O–H groups in total. The molecule has 0 radical (unpaired) electrons. The van der Waals surface area contributed by atoms with Gasteiger partial charge in [-0.25, -0.2) is 13.2 Å². The van der Waals surface area contributed by atoms with E-state index in [0.717, 1.165) is 6.07 Å². The van der Waals surface area contributed by atoms with E-state index in [4.69, 9.17) is 0 Å². The number of nitrogens with one attached hydrogen (secondary N) is 3. The van der Waals surface area contributed by atoms with E-state index < -0.39 is 47.5 Å². The van der Waals surface area contributed by atoms with Crippen molar-refractivity contribution in [1.29, 1.82) is 0 Å². The normalized spacial score (nSPS) is 19.5. The molecule has 3 atom stereocenters. The van der Waals surface area contributed by atoms with Gasteiger partial charge in [-0.3, -0.25) is 9.59 Å². The molecule has 1 aliphatic rings. The number of aromatic nitrogens is 1. The van der Waals surface area contributed by atoms with Gasteiger partial charge in [-0.15, -0.1) is 0 Å². The fourth-order valence-electron chi connectivity index (χ4n) is 3.65. The lowest BCUT2D eigenvalue weighted by molar-refractivity contribution is -0.134. The quantitative estimate of drug-likeness (QED) is 0.415. The Morgan fingerprint density at radius 3 is 2.52 bits per heavy atom. The van der Waals surface area contributed by atoms with Gasteiger partial charge in [0.15, 0.2) is 0 Å². The first-order chi connectivity index (χ1) is 14.7. The minimum absolute atomic E-state index is 0.0322. The zero-order chi connectivity index (χ0) is 22.3. The smallest absolute Gasteiger partial charge is 0.249 e. The van der Waals surface area contributed by atoms with Gasteiger partial charge in [-0.1, -0.05) is 0 Å². The summed E-state index contributed by atoms with van der Waals surface area (Å²) in [6.07, 6.45) is -3.19. The fraction of sp³-hybridized carbons (Fsp3) is 0.238. The Hall–Kier alpha value is -3.37. The second-order valence-corrected chi connectivity index (χ2v) is 7.31. The summed E-state index contributed by atoms with van der Waals surface area (Å²) in [6, 6.07) is 5.76. The van der Waals surface area contributed by atoms with Crippen LogP contribution in [0.3, 0.4) is 0 Å². The number of rotatable bonds is 5. The van der Waals surface area contributed by atoms with Crippen molar-refractivity contribution >= 4 is 22.7 Å². The third kappa shape index (κ3) is 3.99. The van der Waals surface area contributed by atoms with E-state index in [9.17, 15) is 33.0 Å². The molecule has 0 bridgehead atoms. The van der Waals surface area contributed by atoms with Crippen LogP contribution in [0.5, 0.6) is 0 Å². The van der Waals surface area contributed by atoms with Crippen molar-refractivity contribution in [3.05, 3.63) is 59.4 Å². The van der Waals surface area contributed by atoms with E-state index in [1.165, 1.54) is 24.3 Å². The molecule has 0 saturated carbocycles. The van der Waals surface area contributed by atoms with Crippen molar-refractivity contribution in [2.75, 3.05) is 6.54 Å². The fourth-order valence-corrected chi connectivity index (χ4v) is 3.65. The van der Waals surface area contributed by atoms with Crippen molar-refractivity contribution in [3.8, 4) is 11.3 Å². The van der Waals surface area contributed by atoms with Gasteiger partial charge in [0.2, 0.25) is 11.8 Å². The first kappa shape index (κ1) is 20.9. The first-order valence-electron chi connectivity index (χ1n) is 9.44. The number of hydrogen-bond acceptors (Lipinski definition) is 4. The third-order valence-corrected chi connectivity index (χ3v) is 5.22. The lowest BCUT2D eigenvalue weighted by Crippen LogP contribution is -2.49. The predicted molar refractivity (Wildman–Crippen MR) is 104 cm³/mol. The van der Waals surface area contributed by atoms with Crippen LogP contribution >= 0.6 is 0 Å². The largest absolute Gasteiger partial charge is 0.389 e. The number of carbonyl (C=O) groups excluding carboxylic acids is 2. The summed E-state index contributed by atoms with van der Waals surface area (Å²) < 4.78 is 41.5. The molecule has 2 heterocycles. The molecule has 1 aliphatic heterocycles. The molecule has 0 aliphatic carbocycles. The monoisotopic (exact) mass is 433 g/mol. The van der Waals surface area contributed by atoms with Crippen LogP contribution in [0.2, 0.25) is 0 Å². The van der Waals surface area contributed by atoms with Crippen molar-refractivity contribution in [3.63, 3.8) is 0 Å². The number of halogens is 3. The molecule has 1 unspecified atom stereocenters. The molecular formula is C21H18F3N3O4. The SMILES string of the molecule is O=C(N[C@@H]1C(=O)NC[C@H]1O)C(O)Cc1c(-c2ccc(F)cc2)[nH]c2c(F)cc(F)cc12. The average molecular weight is 433 g/mol. The molecule has 3 aromatic rings. The molecular weight excluding hydrogens is 415 g/mol. The summed E-state index contributed by atoms with van der Waals surface area (Å²) >= 11 is 0. The number of carbonyl (C=O) groups is 2. The number of benzene rings is 2. The van der Waals surface area contributed by atoms with Gasteiger partial charge in [0.05, 0.1) is 5.52 Å². The number of aromatic amines is 1. The summed E-state index contributed by atoms with van der Waals surface area (Å²) in [5.41, 5.74) is 0.920. The Morgan fingerprint density at radius 1 is 1.16 bits per heavy atom. The second-order valence-electron chi connectivity index (χ2n) is 7.31. The van der Waals surface area contributed by atoms with E-state index in [-0.39, 0.29) is 35.1 Å². The molecule has 2 amide bonds. The van der Waals surface area contributed by atoms with Crippen LogP contribution in [-0.4, -0.2) is 51.8 Å². The Morgan fingerprint density at radius 2 is 1.87 bits per heavy atom. The standard InChI is InChI=1S/C21H18F3N3O4/c22-10-3-1-9(2-4-10)17-13(12-5-11(23)6-14(24)18(12)26-17)7-15(28)20(30)27-19-16(29)8-25-21(19)31/h1-6,15-16,19,26,28-29H,7-8H2,(H,25,31)(H,27,30)/t15?,16-,19+/m1/s1. The van der Waals surface area contributed by atoms with Gasteiger partial charge in [0.25, 0.3) is 0 Å². The maximum Gasteiger partial charge on any atom is 0.249 e.